The fourth-order valence-electron chi connectivity index (χ4n) is 5.76. The highest BCUT2D eigenvalue weighted by atomic mass is 16.5. The summed E-state index contributed by atoms with van der Waals surface area (Å²) in [5.74, 6) is 1.06. The molecule has 1 unspecified atom stereocenters. The summed E-state index contributed by atoms with van der Waals surface area (Å²) in [5, 5.41) is 11.3. The van der Waals surface area contributed by atoms with Gasteiger partial charge < -0.3 is 33.6 Å². The Hall–Kier alpha value is -3.55. The van der Waals surface area contributed by atoms with Crippen molar-refractivity contribution >= 4 is 5.97 Å². The van der Waals surface area contributed by atoms with E-state index in [1.165, 1.54) is 11.1 Å². The zero-order valence-electron chi connectivity index (χ0n) is 23.7. The number of hydrogen-bond donors (Lipinski definition) is 0. The highest BCUT2D eigenvalue weighted by Gasteiger charge is 2.57. The van der Waals surface area contributed by atoms with Crippen molar-refractivity contribution in [2.45, 2.75) is 58.2 Å². The number of carbonyl (C=O) groups is 1. The molecular weight excluding hydrogens is 508 g/mol. The van der Waals surface area contributed by atoms with E-state index in [0.29, 0.717) is 38.8 Å². The van der Waals surface area contributed by atoms with E-state index < -0.39 is 5.97 Å². The number of methoxy groups -OCH3 is 1. The van der Waals surface area contributed by atoms with Gasteiger partial charge in [0.05, 0.1) is 19.8 Å². The zero-order chi connectivity index (χ0) is 28.3. The number of aryl methyl sites for hydroxylation is 2. The van der Waals surface area contributed by atoms with Crippen molar-refractivity contribution in [3.05, 3.63) is 76.3 Å². The van der Waals surface area contributed by atoms with Gasteiger partial charge in [-0.15, -0.1) is 0 Å². The van der Waals surface area contributed by atoms with E-state index in [9.17, 15) is 9.90 Å². The van der Waals surface area contributed by atoms with Crippen LogP contribution in [0.2, 0.25) is 0 Å². The number of carboxylic acid groups (broad SMARTS) is 1. The predicted molar refractivity (Wildman–Crippen MR) is 150 cm³/mol. The first-order valence-electron chi connectivity index (χ1n) is 13.9. The molecule has 5 rings (SSSR count). The lowest BCUT2D eigenvalue weighted by molar-refractivity contribution is -0.306. The van der Waals surface area contributed by atoms with Gasteiger partial charge in [0.15, 0.2) is 0 Å². The van der Waals surface area contributed by atoms with Crippen LogP contribution in [-0.2, 0) is 20.9 Å². The van der Waals surface area contributed by atoms with Crippen molar-refractivity contribution in [1.29, 1.82) is 0 Å². The molecule has 3 aromatic rings. The highest BCUT2D eigenvalue weighted by molar-refractivity contribution is 5.75. The number of rotatable bonds is 13. The van der Waals surface area contributed by atoms with Crippen molar-refractivity contribution in [2.75, 3.05) is 33.5 Å². The van der Waals surface area contributed by atoms with Gasteiger partial charge >= 0.3 is 0 Å². The summed E-state index contributed by atoms with van der Waals surface area (Å²) in [6.07, 6.45) is 1.72. The summed E-state index contributed by atoms with van der Waals surface area (Å²) in [6.45, 7) is 8.89. The minimum absolute atomic E-state index is 0.0194. The predicted octanol–water partition coefficient (Wildman–Crippen LogP) is 5.05. The van der Waals surface area contributed by atoms with Crippen LogP contribution in [0.5, 0.6) is 17.2 Å². The molecule has 1 aliphatic heterocycles. The second kappa shape index (κ2) is 11.9. The minimum Gasteiger partial charge on any atom is -0.550 e. The van der Waals surface area contributed by atoms with Crippen molar-refractivity contribution in [3.8, 4) is 28.4 Å². The van der Waals surface area contributed by atoms with Crippen molar-refractivity contribution in [2.24, 2.45) is 0 Å². The van der Waals surface area contributed by atoms with Crippen LogP contribution in [0.15, 0.2) is 48.5 Å². The molecule has 0 radical (unpaired) electrons. The Morgan fingerprint density at radius 1 is 0.950 bits per heavy atom. The summed E-state index contributed by atoms with van der Waals surface area (Å²) in [7, 11) is 1.66. The van der Waals surface area contributed by atoms with Crippen LogP contribution in [-0.4, -0.2) is 45.1 Å². The summed E-state index contributed by atoms with van der Waals surface area (Å²) >= 11 is 0. The molecule has 40 heavy (non-hydrogen) atoms. The Labute approximate surface area is 236 Å². The molecule has 1 fully saturated rings. The number of ether oxygens (including phenoxy) is 5. The van der Waals surface area contributed by atoms with Crippen LogP contribution < -0.4 is 19.3 Å². The molecule has 212 valence electrons. The third-order valence-electron chi connectivity index (χ3n) is 7.97. The minimum atomic E-state index is -1.04. The van der Waals surface area contributed by atoms with E-state index in [1.807, 2.05) is 18.2 Å². The molecule has 0 N–H and O–H groups in total. The monoisotopic (exact) mass is 545 g/mol. The Morgan fingerprint density at radius 2 is 1.70 bits per heavy atom. The van der Waals surface area contributed by atoms with Crippen LogP contribution in [0.25, 0.3) is 11.1 Å². The fraction of sp³-hybridized carbons (Fsp3) is 0.424. The normalized spacial score (nSPS) is 16.4. The van der Waals surface area contributed by atoms with E-state index in [4.69, 9.17) is 23.7 Å². The molecule has 1 saturated carbocycles. The van der Waals surface area contributed by atoms with E-state index in [-0.39, 0.29) is 17.9 Å². The quantitative estimate of drug-likeness (QED) is 0.278. The molecule has 0 aromatic heterocycles. The largest absolute Gasteiger partial charge is 0.550 e. The van der Waals surface area contributed by atoms with Crippen molar-refractivity contribution in [1.82, 2.24) is 0 Å². The molecule has 1 spiro atoms. The van der Waals surface area contributed by atoms with Crippen LogP contribution in [0.3, 0.4) is 0 Å². The fourth-order valence-corrected chi connectivity index (χ4v) is 5.76. The van der Waals surface area contributed by atoms with Gasteiger partial charge in [-0.25, -0.2) is 0 Å². The molecule has 7 nitrogen and oxygen atoms in total. The molecule has 1 atom stereocenters. The molecule has 0 saturated heterocycles. The Bertz CT molecular complexity index is 1350. The van der Waals surface area contributed by atoms with Gasteiger partial charge in [-0.2, -0.15) is 0 Å². The lowest BCUT2D eigenvalue weighted by Gasteiger charge is -2.18. The first kappa shape index (κ1) is 28.0. The van der Waals surface area contributed by atoms with Gasteiger partial charge in [0.25, 0.3) is 0 Å². The maximum absolute atomic E-state index is 11.3. The maximum atomic E-state index is 11.3. The number of hydrogen-bond acceptors (Lipinski definition) is 7. The van der Waals surface area contributed by atoms with Gasteiger partial charge in [-0.1, -0.05) is 24.3 Å². The first-order valence-corrected chi connectivity index (χ1v) is 13.9. The summed E-state index contributed by atoms with van der Waals surface area (Å²) in [6, 6.07) is 16.2. The standard InChI is InChI=1S/C33H38O7/c1-21-16-26(38-15-14-37-13-12-36-4)17-22(2)32(21)27-7-5-6-24(23(27)3)20-39-25-8-9-28-29(19-31(34)35)33(10-11-33)40-30(28)18-25/h5-9,16-18,29H,10-15,19-20H2,1-4H3,(H,34,35)/p-1. The van der Waals surface area contributed by atoms with E-state index in [0.717, 1.165) is 52.2 Å². The molecular formula is C33H37O7-. The zero-order valence-corrected chi connectivity index (χ0v) is 23.7. The van der Waals surface area contributed by atoms with Gasteiger partial charge in [0, 0.05) is 30.6 Å². The van der Waals surface area contributed by atoms with E-state index in [1.54, 1.807) is 7.11 Å². The second-order valence-corrected chi connectivity index (χ2v) is 10.8. The van der Waals surface area contributed by atoms with Gasteiger partial charge in [-0.05, 0) is 91.6 Å². The smallest absolute Gasteiger partial charge is 0.127 e. The van der Waals surface area contributed by atoms with Crippen LogP contribution in [0, 0.1) is 20.8 Å². The number of fused-ring (bicyclic) bond motifs is 1. The average Bonchev–Trinajstić information content (AvgIpc) is 3.63. The van der Waals surface area contributed by atoms with E-state index in [2.05, 4.69) is 51.1 Å². The lowest BCUT2D eigenvalue weighted by atomic mass is 9.90. The third kappa shape index (κ3) is 5.96. The Balaban J connectivity index is 1.26. The van der Waals surface area contributed by atoms with Crippen molar-refractivity contribution in [3.63, 3.8) is 0 Å². The molecule has 7 heteroatoms. The van der Waals surface area contributed by atoms with Gasteiger partial charge in [0.2, 0.25) is 0 Å². The van der Waals surface area contributed by atoms with E-state index >= 15 is 0 Å². The number of carboxylic acids is 1. The van der Waals surface area contributed by atoms with Crippen LogP contribution in [0.4, 0.5) is 0 Å². The lowest BCUT2D eigenvalue weighted by Crippen LogP contribution is -2.29. The summed E-state index contributed by atoms with van der Waals surface area (Å²) < 4.78 is 28.8. The number of carbonyl (C=O) groups excluding carboxylic acids is 1. The van der Waals surface area contributed by atoms with Crippen LogP contribution >= 0.6 is 0 Å². The maximum Gasteiger partial charge on any atom is 0.127 e. The topological polar surface area (TPSA) is 86.3 Å². The molecule has 0 bridgehead atoms. The van der Waals surface area contributed by atoms with Gasteiger partial charge in [-0.3, -0.25) is 0 Å². The number of aliphatic carboxylic acids is 1. The first-order chi connectivity index (χ1) is 19.3. The summed E-state index contributed by atoms with van der Waals surface area (Å²) in [4.78, 5) is 11.3. The molecule has 2 aliphatic rings. The molecule has 1 aliphatic carbocycles. The molecule has 1 heterocycles. The third-order valence-corrected chi connectivity index (χ3v) is 7.97. The average molecular weight is 546 g/mol. The van der Waals surface area contributed by atoms with Crippen molar-refractivity contribution < 1.29 is 33.6 Å². The summed E-state index contributed by atoms with van der Waals surface area (Å²) in [5.41, 5.74) is 7.48. The number of benzene rings is 3. The molecule has 3 aromatic carbocycles. The van der Waals surface area contributed by atoms with Crippen LogP contribution in [0.1, 0.15) is 53.0 Å². The Morgan fingerprint density at radius 3 is 2.40 bits per heavy atom. The van der Waals surface area contributed by atoms with Gasteiger partial charge in [0.1, 0.15) is 36.1 Å². The highest BCUT2D eigenvalue weighted by Crippen LogP contribution is 2.59. The molecule has 0 amide bonds. The SMILES string of the molecule is COCCOCCOc1cc(C)c(-c2cccc(COc3ccc4c(c3)OC3(CC3)C4CC(=O)[O-])c2C)c(C)c1. The second-order valence-electron chi connectivity index (χ2n) is 10.8. The Kier molecular flexibility index (Phi) is 8.33.